The van der Waals surface area contributed by atoms with Gasteiger partial charge in [0.25, 0.3) is 0 Å². The monoisotopic (exact) mass is 229 g/mol. The van der Waals surface area contributed by atoms with Crippen LogP contribution in [0.1, 0.15) is 0 Å². The summed E-state index contributed by atoms with van der Waals surface area (Å²) < 4.78 is 14.8. The molecular formula is C11H8FN5. The Kier molecular flexibility index (Phi) is 2.18. The summed E-state index contributed by atoms with van der Waals surface area (Å²) in [6.45, 7) is 0. The summed E-state index contributed by atoms with van der Waals surface area (Å²) in [5.41, 5.74) is 1.25. The predicted octanol–water partition coefficient (Wildman–Crippen LogP) is 2.01. The van der Waals surface area contributed by atoms with Gasteiger partial charge in [0.1, 0.15) is 5.82 Å². The average molecular weight is 229 g/mol. The number of nitrogens with zero attached hydrogens (tertiary/aromatic N) is 4. The first kappa shape index (κ1) is 9.71. The average Bonchev–Trinajstić information content (AvgIpc) is 2.73. The molecule has 0 saturated heterocycles. The molecule has 1 N–H and O–H groups in total. The van der Waals surface area contributed by atoms with E-state index in [0.29, 0.717) is 17.3 Å². The van der Waals surface area contributed by atoms with Crippen LogP contribution in [0.25, 0.3) is 5.65 Å². The zero-order valence-corrected chi connectivity index (χ0v) is 8.71. The third-order valence-electron chi connectivity index (χ3n) is 2.29. The number of hydrogen-bond donors (Lipinski definition) is 1. The van der Waals surface area contributed by atoms with E-state index in [1.807, 2.05) is 0 Å². The van der Waals surface area contributed by atoms with Crippen molar-refractivity contribution in [3.8, 4) is 0 Å². The highest BCUT2D eigenvalue weighted by atomic mass is 19.1. The highest BCUT2D eigenvalue weighted by Crippen LogP contribution is 2.15. The van der Waals surface area contributed by atoms with E-state index in [1.165, 1.54) is 12.1 Å². The van der Waals surface area contributed by atoms with Crippen LogP contribution in [0.3, 0.4) is 0 Å². The molecule has 3 rings (SSSR count). The Labute approximate surface area is 95.9 Å². The van der Waals surface area contributed by atoms with Gasteiger partial charge in [-0.25, -0.2) is 4.39 Å². The first-order chi connectivity index (χ1) is 8.33. The van der Waals surface area contributed by atoms with Gasteiger partial charge in [0, 0.05) is 18.1 Å². The van der Waals surface area contributed by atoms with E-state index in [2.05, 4.69) is 20.5 Å². The maximum atomic E-state index is 13.0. The summed E-state index contributed by atoms with van der Waals surface area (Å²) in [6.07, 6.45) is 4.97. The van der Waals surface area contributed by atoms with Crippen molar-refractivity contribution >= 4 is 17.3 Å². The van der Waals surface area contributed by atoms with Gasteiger partial charge >= 0.3 is 0 Å². The second kappa shape index (κ2) is 3.82. The molecule has 0 unspecified atom stereocenters. The molecule has 0 amide bonds. The maximum Gasteiger partial charge on any atom is 0.233 e. The van der Waals surface area contributed by atoms with Crippen molar-refractivity contribution in [3.05, 3.63) is 48.7 Å². The maximum absolute atomic E-state index is 13.0. The van der Waals surface area contributed by atoms with Crippen LogP contribution in [0.4, 0.5) is 16.0 Å². The standard InChI is InChI=1S/C11H8FN5/c12-8-2-1-3-9(6-8)14-11-16-15-10-7-13-4-5-17(10)11/h1-7H,(H,14,16). The van der Waals surface area contributed by atoms with E-state index in [-0.39, 0.29) is 5.82 Å². The van der Waals surface area contributed by atoms with E-state index in [9.17, 15) is 4.39 Å². The number of halogens is 1. The predicted molar refractivity (Wildman–Crippen MR) is 60.5 cm³/mol. The fourth-order valence-corrected chi connectivity index (χ4v) is 1.53. The van der Waals surface area contributed by atoms with E-state index >= 15 is 0 Å². The first-order valence-corrected chi connectivity index (χ1v) is 5.00. The lowest BCUT2D eigenvalue weighted by atomic mass is 10.3. The zero-order chi connectivity index (χ0) is 11.7. The Balaban J connectivity index is 2.00. The molecule has 0 bridgehead atoms. The second-order valence-electron chi connectivity index (χ2n) is 3.46. The van der Waals surface area contributed by atoms with Crippen LogP contribution in [0.5, 0.6) is 0 Å². The highest BCUT2D eigenvalue weighted by Gasteiger charge is 2.04. The molecule has 3 aromatic rings. The van der Waals surface area contributed by atoms with Crippen LogP contribution >= 0.6 is 0 Å². The lowest BCUT2D eigenvalue weighted by Gasteiger charge is -2.03. The van der Waals surface area contributed by atoms with Gasteiger partial charge in [-0.05, 0) is 18.2 Å². The van der Waals surface area contributed by atoms with Gasteiger partial charge < -0.3 is 5.32 Å². The molecule has 5 nitrogen and oxygen atoms in total. The van der Waals surface area contributed by atoms with Crippen LogP contribution in [-0.2, 0) is 0 Å². The Bertz CT molecular complexity index is 664. The molecule has 0 fully saturated rings. The van der Waals surface area contributed by atoms with Gasteiger partial charge in [-0.15, -0.1) is 10.2 Å². The summed E-state index contributed by atoms with van der Waals surface area (Å²) in [4.78, 5) is 3.94. The van der Waals surface area contributed by atoms with Crippen molar-refractivity contribution in [2.45, 2.75) is 0 Å². The number of aromatic nitrogens is 4. The largest absolute Gasteiger partial charge is 0.324 e. The van der Waals surface area contributed by atoms with Gasteiger partial charge in [0.05, 0.1) is 6.20 Å². The third-order valence-corrected chi connectivity index (χ3v) is 2.29. The van der Waals surface area contributed by atoms with Crippen molar-refractivity contribution in [2.24, 2.45) is 0 Å². The van der Waals surface area contributed by atoms with Gasteiger partial charge in [-0.3, -0.25) is 9.38 Å². The summed E-state index contributed by atoms with van der Waals surface area (Å²) in [5, 5.41) is 10.9. The van der Waals surface area contributed by atoms with Crippen molar-refractivity contribution in [1.82, 2.24) is 19.6 Å². The minimum absolute atomic E-state index is 0.300. The number of benzene rings is 1. The summed E-state index contributed by atoms with van der Waals surface area (Å²) >= 11 is 0. The van der Waals surface area contributed by atoms with E-state index < -0.39 is 0 Å². The highest BCUT2D eigenvalue weighted by molar-refractivity contribution is 5.56. The molecule has 17 heavy (non-hydrogen) atoms. The quantitative estimate of drug-likeness (QED) is 0.730. The molecule has 0 saturated carbocycles. The Hall–Kier alpha value is -2.50. The molecule has 6 heteroatoms. The lowest BCUT2D eigenvalue weighted by molar-refractivity contribution is 0.628. The molecular weight excluding hydrogens is 221 g/mol. The summed E-state index contributed by atoms with van der Waals surface area (Å²) in [5.74, 6) is 0.221. The van der Waals surface area contributed by atoms with Crippen LogP contribution in [0.15, 0.2) is 42.9 Å². The zero-order valence-electron chi connectivity index (χ0n) is 8.71. The van der Waals surface area contributed by atoms with Gasteiger partial charge in [0.2, 0.25) is 5.95 Å². The third kappa shape index (κ3) is 1.80. The Morgan fingerprint density at radius 1 is 1.24 bits per heavy atom. The van der Waals surface area contributed by atoms with E-state index in [4.69, 9.17) is 0 Å². The first-order valence-electron chi connectivity index (χ1n) is 5.00. The van der Waals surface area contributed by atoms with Gasteiger partial charge in [0.15, 0.2) is 5.65 Å². The number of hydrogen-bond acceptors (Lipinski definition) is 4. The lowest BCUT2D eigenvalue weighted by Crippen LogP contribution is -1.97. The van der Waals surface area contributed by atoms with Crippen molar-refractivity contribution in [1.29, 1.82) is 0 Å². The van der Waals surface area contributed by atoms with Gasteiger partial charge in [-0.2, -0.15) is 0 Å². The van der Waals surface area contributed by atoms with Crippen LogP contribution < -0.4 is 5.32 Å². The Morgan fingerprint density at radius 2 is 2.18 bits per heavy atom. The van der Waals surface area contributed by atoms with E-state index in [0.717, 1.165) is 0 Å². The molecule has 84 valence electrons. The van der Waals surface area contributed by atoms with Crippen molar-refractivity contribution in [2.75, 3.05) is 5.32 Å². The Morgan fingerprint density at radius 3 is 3.06 bits per heavy atom. The topological polar surface area (TPSA) is 55.1 Å². The normalized spacial score (nSPS) is 10.6. The fourth-order valence-electron chi connectivity index (χ4n) is 1.53. The number of anilines is 2. The number of fused-ring (bicyclic) bond motifs is 1. The number of rotatable bonds is 2. The van der Waals surface area contributed by atoms with Crippen molar-refractivity contribution < 1.29 is 4.39 Å². The summed E-state index contributed by atoms with van der Waals surface area (Å²) in [6, 6.07) is 6.16. The molecule has 2 aromatic heterocycles. The van der Waals surface area contributed by atoms with Crippen LogP contribution in [0.2, 0.25) is 0 Å². The van der Waals surface area contributed by atoms with Crippen LogP contribution in [0, 0.1) is 5.82 Å². The molecule has 0 spiro atoms. The van der Waals surface area contributed by atoms with Crippen molar-refractivity contribution in [3.63, 3.8) is 0 Å². The molecule has 1 aromatic carbocycles. The molecule has 0 aliphatic heterocycles. The van der Waals surface area contributed by atoms with Crippen LogP contribution in [-0.4, -0.2) is 19.6 Å². The molecule has 0 aliphatic rings. The minimum Gasteiger partial charge on any atom is -0.324 e. The minimum atomic E-state index is -0.300. The second-order valence-corrected chi connectivity index (χ2v) is 3.46. The molecule has 0 atom stereocenters. The van der Waals surface area contributed by atoms with Gasteiger partial charge in [-0.1, -0.05) is 6.07 Å². The molecule has 0 aliphatic carbocycles. The molecule has 0 radical (unpaired) electrons. The number of nitrogens with one attached hydrogen (secondary N) is 1. The molecule has 2 heterocycles. The SMILES string of the molecule is Fc1cccc(Nc2nnc3cnccn23)c1. The van der Waals surface area contributed by atoms with E-state index in [1.54, 1.807) is 35.1 Å². The summed E-state index contributed by atoms with van der Waals surface area (Å²) in [7, 11) is 0. The fraction of sp³-hybridized carbons (Fsp3) is 0. The smallest absolute Gasteiger partial charge is 0.233 e.